The Bertz CT molecular complexity index is 809. The Morgan fingerprint density at radius 2 is 2.04 bits per heavy atom. The monoisotopic (exact) mass is 420 g/mol. The van der Waals surface area contributed by atoms with Gasteiger partial charge in [-0.25, -0.2) is 0 Å². The molecule has 0 aromatic carbocycles. The number of amides is 1. The van der Waals surface area contributed by atoms with Crippen LogP contribution in [0.25, 0.3) is 10.9 Å². The number of alkyl halides is 3. The van der Waals surface area contributed by atoms with Crippen LogP contribution >= 0.6 is 15.9 Å². The van der Waals surface area contributed by atoms with Crippen molar-refractivity contribution in [3.63, 3.8) is 0 Å². The highest BCUT2D eigenvalue weighted by Gasteiger charge is 2.32. The van der Waals surface area contributed by atoms with Crippen molar-refractivity contribution in [2.24, 2.45) is 0 Å². The van der Waals surface area contributed by atoms with E-state index in [1.165, 1.54) is 12.3 Å². The lowest BCUT2D eigenvalue weighted by atomic mass is 9.94. The second kappa shape index (κ2) is 6.24. The number of likely N-dealkylation sites (tertiary alicyclic amines) is 1. The van der Waals surface area contributed by atoms with E-state index in [-0.39, 0.29) is 21.7 Å². The standard InChI is InChI=1S/C15H16BrF3N4O2/c1-14(25)2-4-22(5-3-14)13(24)10-6-11-9(7-20-10)12(16)21-23(11)8-15(17,18)19/h6-7,25H,2-5,8H2,1H3. The van der Waals surface area contributed by atoms with Gasteiger partial charge in [0.1, 0.15) is 16.8 Å². The normalized spacial score (nSPS) is 17.9. The highest BCUT2D eigenvalue weighted by atomic mass is 79.9. The molecule has 0 radical (unpaired) electrons. The molecule has 1 amide bonds. The summed E-state index contributed by atoms with van der Waals surface area (Å²) in [6.07, 6.45) is -2.20. The molecule has 1 saturated heterocycles. The minimum Gasteiger partial charge on any atom is -0.390 e. The van der Waals surface area contributed by atoms with Crippen molar-refractivity contribution >= 4 is 32.7 Å². The van der Waals surface area contributed by atoms with E-state index >= 15 is 0 Å². The minimum absolute atomic E-state index is 0.0601. The van der Waals surface area contributed by atoms with Crippen LogP contribution in [0.1, 0.15) is 30.3 Å². The molecule has 6 nitrogen and oxygen atoms in total. The summed E-state index contributed by atoms with van der Waals surface area (Å²) in [6, 6.07) is 1.33. The van der Waals surface area contributed by atoms with Gasteiger partial charge in [-0.3, -0.25) is 14.5 Å². The molecular weight excluding hydrogens is 405 g/mol. The number of halogens is 4. The predicted octanol–water partition coefficient (Wildman–Crippen LogP) is 2.74. The minimum atomic E-state index is -4.43. The molecule has 2 aromatic rings. The maximum absolute atomic E-state index is 12.7. The Balaban J connectivity index is 1.90. The molecule has 25 heavy (non-hydrogen) atoms. The van der Waals surface area contributed by atoms with E-state index in [9.17, 15) is 23.1 Å². The zero-order chi connectivity index (χ0) is 18.4. The van der Waals surface area contributed by atoms with Crippen LogP contribution in [0.3, 0.4) is 0 Å². The van der Waals surface area contributed by atoms with Crippen molar-refractivity contribution in [2.75, 3.05) is 13.1 Å². The van der Waals surface area contributed by atoms with Gasteiger partial charge < -0.3 is 10.0 Å². The summed E-state index contributed by atoms with van der Waals surface area (Å²) < 4.78 is 39.2. The van der Waals surface area contributed by atoms with E-state index in [2.05, 4.69) is 26.0 Å². The van der Waals surface area contributed by atoms with Crippen LogP contribution in [0.5, 0.6) is 0 Å². The van der Waals surface area contributed by atoms with E-state index in [0.29, 0.717) is 31.3 Å². The van der Waals surface area contributed by atoms with Gasteiger partial charge in [0.25, 0.3) is 5.91 Å². The first-order valence-corrected chi connectivity index (χ1v) is 8.45. The number of carbonyl (C=O) groups is 1. The summed E-state index contributed by atoms with van der Waals surface area (Å²) in [7, 11) is 0. The van der Waals surface area contributed by atoms with Crippen LogP contribution in [-0.4, -0.2) is 55.5 Å². The lowest BCUT2D eigenvalue weighted by Gasteiger charge is -2.35. The van der Waals surface area contributed by atoms with Gasteiger partial charge in [0.15, 0.2) is 0 Å². The zero-order valence-electron chi connectivity index (χ0n) is 13.3. The van der Waals surface area contributed by atoms with Crippen LogP contribution in [0, 0.1) is 0 Å². The van der Waals surface area contributed by atoms with Crippen LogP contribution in [0.2, 0.25) is 0 Å². The number of fused-ring (bicyclic) bond motifs is 1. The Morgan fingerprint density at radius 1 is 1.40 bits per heavy atom. The number of carbonyl (C=O) groups excluding carboxylic acids is 1. The second-order valence-electron chi connectivity index (χ2n) is 6.44. The van der Waals surface area contributed by atoms with Crippen LogP contribution in [-0.2, 0) is 6.54 Å². The van der Waals surface area contributed by atoms with Gasteiger partial charge in [-0.2, -0.15) is 18.3 Å². The summed E-state index contributed by atoms with van der Waals surface area (Å²) in [5, 5.41) is 14.2. The van der Waals surface area contributed by atoms with Crippen molar-refractivity contribution < 1.29 is 23.1 Å². The molecule has 0 unspecified atom stereocenters. The Kier molecular flexibility index (Phi) is 4.52. The molecule has 10 heteroatoms. The first-order valence-electron chi connectivity index (χ1n) is 7.66. The summed E-state index contributed by atoms with van der Waals surface area (Å²) in [5.41, 5.74) is -0.555. The molecule has 3 rings (SSSR count). The van der Waals surface area contributed by atoms with Gasteiger partial charge in [-0.1, -0.05) is 0 Å². The van der Waals surface area contributed by atoms with Crippen LogP contribution < -0.4 is 0 Å². The topological polar surface area (TPSA) is 71.2 Å². The Morgan fingerprint density at radius 3 is 2.64 bits per heavy atom. The van der Waals surface area contributed by atoms with E-state index in [1.54, 1.807) is 11.8 Å². The van der Waals surface area contributed by atoms with E-state index < -0.39 is 18.3 Å². The van der Waals surface area contributed by atoms with E-state index in [4.69, 9.17) is 0 Å². The van der Waals surface area contributed by atoms with E-state index in [1.807, 2.05) is 0 Å². The Hall–Kier alpha value is -1.68. The van der Waals surface area contributed by atoms with Gasteiger partial charge in [-0.05, 0) is 41.8 Å². The maximum Gasteiger partial charge on any atom is 0.408 e. The maximum atomic E-state index is 12.7. The largest absolute Gasteiger partial charge is 0.408 e. The molecule has 0 spiro atoms. The number of rotatable bonds is 2. The van der Waals surface area contributed by atoms with Crippen molar-refractivity contribution in [1.82, 2.24) is 19.7 Å². The van der Waals surface area contributed by atoms with Gasteiger partial charge >= 0.3 is 6.18 Å². The van der Waals surface area contributed by atoms with Crippen LogP contribution in [0.4, 0.5) is 13.2 Å². The van der Waals surface area contributed by atoms with Crippen molar-refractivity contribution in [2.45, 2.75) is 38.1 Å². The highest BCUT2D eigenvalue weighted by molar-refractivity contribution is 9.10. The molecule has 1 aliphatic rings. The lowest BCUT2D eigenvalue weighted by Crippen LogP contribution is -2.45. The van der Waals surface area contributed by atoms with Gasteiger partial charge in [0.05, 0.1) is 16.5 Å². The Labute approximate surface area is 149 Å². The second-order valence-corrected chi connectivity index (χ2v) is 7.19. The molecule has 2 aromatic heterocycles. The fourth-order valence-corrected chi connectivity index (χ4v) is 3.29. The third kappa shape index (κ3) is 3.95. The third-order valence-corrected chi connectivity index (χ3v) is 4.85. The molecule has 0 atom stereocenters. The number of piperidine rings is 1. The number of hydrogen-bond acceptors (Lipinski definition) is 4. The number of hydrogen-bond donors (Lipinski definition) is 1. The summed E-state index contributed by atoms with van der Waals surface area (Å²) >= 11 is 3.11. The van der Waals surface area contributed by atoms with E-state index in [0.717, 1.165) is 4.68 Å². The average Bonchev–Trinajstić information content (AvgIpc) is 2.80. The fourth-order valence-electron chi connectivity index (χ4n) is 2.79. The smallest absolute Gasteiger partial charge is 0.390 e. The molecule has 1 fully saturated rings. The zero-order valence-corrected chi connectivity index (χ0v) is 14.9. The number of nitrogens with zero attached hydrogens (tertiary/aromatic N) is 4. The summed E-state index contributed by atoms with van der Waals surface area (Å²) in [6.45, 7) is 1.21. The first-order chi connectivity index (χ1) is 11.6. The number of aromatic nitrogens is 3. The van der Waals surface area contributed by atoms with Gasteiger partial charge in [0, 0.05) is 19.3 Å². The highest BCUT2D eigenvalue weighted by Crippen LogP contribution is 2.27. The van der Waals surface area contributed by atoms with Crippen LogP contribution in [0.15, 0.2) is 16.9 Å². The quantitative estimate of drug-likeness (QED) is 0.810. The number of pyridine rings is 1. The van der Waals surface area contributed by atoms with Crippen molar-refractivity contribution in [1.29, 1.82) is 0 Å². The molecule has 3 heterocycles. The molecular formula is C15H16BrF3N4O2. The number of aliphatic hydroxyl groups is 1. The third-order valence-electron chi connectivity index (χ3n) is 4.27. The molecule has 1 N–H and O–H groups in total. The molecule has 0 bridgehead atoms. The lowest BCUT2D eigenvalue weighted by molar-refractivity contribution is -0.141. The van der Waals surface area contributed by atoms with Gasteiger partial charge in [-0.15, -0.1) is 0 Å². The average molecular weight is 421 g/mol. The molecule has 136 valence electrons. The first kappa shape index (κ1) is 18.1. The molecule has 1 aliphatic heterocycles. The van der Waals surface area contributed by atoms with Crippen molar-refractivity contribution in [3.05, 3.63) is 22.6 Å². The summed E-state index contributed by atoms with van der Waals surface area (Å²) in [5.74, 6) is -0.367. The SMILES string of the molecule is CC1(O)CCN(C(=O)c2cc3c(cn2)c(Br)nn3CC(F)(F)F)CC1. The fraction of sp³-hybridized carbons (Fsp3) is 0.533. The van der Waals surface area contributed by atoms with Crippen molar-refractivity contribution in [3.8, 4) is 0 Å². The summed E-state index contributed by atoms with van der Waals surface area (Å²) in [4.78, 5) is 18.2. The molecule has 0 saturated carbocycles. The molecule has 0 aliphatic carbocycles. The van der Waals surface area contributed by atoms with Gasteiger partial charge in [0.2, 0.25) is 0 Å². The predicted molar refractivity (Wildman–Crippen MR) is 87.0 cm³/mol.